The Balaban J connectivity index is 3.18. The van der Waals surface area contributed by atoms with Crippen LogP contribution in [0.1, 0.15) is 38.9 Å². The maximum absolute atomic E-state index is 12.0. The van der Waals surface area contributed by atoms with Crippen LogP contribution in [0.2, 0.25) is 0 Å². The standard InChI is InChI=1S/C12H23N3O2S/c1-6-8-13-11(10-7-9-14-15(10)4)12(2,3)18(5,16)17/h7,9,11,13H,6,8H2,1-5H3. The van der Waals surface area contributed by atoms with Gasteiger partial charge in [-0.15, -0.1) is 0 Å². The zero-order chi connectivity index (χ0) is 14.0. The van der Waals surface area contributed by atoms with E-state index in [1.54, 1.807) is 24.7 Å². The van der Waals surface area contributed by atoms with Gasteiger partial charge >= 0.3 is 0 Å². The Bertz CT molecular complexity index is 491. The summed E-state index contributed by atoms with van der Waals surface area (Å²) in [5, 5.41) is 7.44. The highest BCUT2D eigenvalue weighted by Gasteiger charge is 2.40. The molecule has 0 radical (unpaired) electrons. The largest absolute Gasteiger partial charge is 0.307 e. The summed E-state index contributed by atoms with van der Waals surface area (Å²) < 4.78 is 24.8. The molecule has 0 spiro atoms. The molecule has 104 valence electrons. The van der Waals surface area contributed by atoms with E-state index in [9.17, 15) is 8.42 Å². The minimum Gasteiger partial charge on any atom is -0.307 e. The van der Waals surface area contributed by atoms with E-state index in [4.69, 9.17) is 0 Å². The third-order valence-electron chi connectivity index (χ3n) is 3.40. The first-order chi connectivity index (χ1) is 8.21. The second-order valence-electron chi connectivity index (χ2n) is 5.14. The average Bonchev–Trinajstić information content (AvgIpc) is 2.63. The molecule has 1 aromatic heterocycles. The Morgan fingerprint density at radius 3 is 2.50 bits per heavy atom. The maximum atomic E-state index is 12.0. The fourth-order valence-electron chi connectivity index (χ4n) is 1.88. The molecule has 0 aliphatic rings. The van der Waals surface area contributed by atoms with Gasteiger partial charge in [0.1, 0.15) is 0 Å². The molecule has 6 heteroatoms. The first kappa shape index (κ1) is 15.2. The fraction of sp³-hybridized carbons (Fsp3) is 0.750. The normalized spacial score (nSPS) is 14.7. The highest BCUT2D eigenvalue weighted by Crippen LogP contribution is 2.31. The number of hydrogen-bond acceptors (Lipinski definition) is 4. The van der Waals surface area contributed by atoms with Gasteiger partial charge in [0.25, 0.3) is 0 Å². The SMILES string of the molecule is CCCNC(c1ccnn1C)C(C)(C)S(C)(=O)=O. The highest BCUT2D eigenvalue weighted by molar-refractivity contribution is 7.92. The fourth-order valence-corrected chi connectivity index (χ4v) is 2.51. The molecule has 1 unspecified atom stereocenters. The van der Waals surface area contributed by atoms with Crippen LogP contribution in [0, 0.1) is 0 Å². The first-order valence-corrected chi connectivity index (χ1v) is 8.01. The van der Waals surface area contributed by atoms with Crippen molar-refractivity contribution < 1.29 is 8.42 Å². The number of sulfone groups is 1. The Hall–Kier alpha value is -0.880. The van der Waals surface area contributed by atoms with Crippen LogP contribution in [-0.4, -0.2) is 35.7 Å². The molecule has 0 aliphatic heterocycles. The molecule has 5 nitrogen and oxygen atoms in total. The Kier molecular flexibility index (Phi) is 4.55. The van der Waals surface area contributed by atoms with Crippen LogP contribution in [0.5, 0.6) is 0 Å². The van der Waals surface area contributed by atoms with Crippen LogP contribution in [0.15, 0.2) is 12.3 Å². The predicted octanol–water partition coefficient (Wildman–Crippen LogP) is 1.28. The summed E-state index contributed by atoms with van der Waals surface area (Å²) in [4.78, 5) is 0. The molecule has 0 saturated carbocycles. The first-order valence-electron chi connectivity index (χ1n) is 6.12. The summed E-state index contributed by atoms with van der Waals surface area (Å²) >= 11 is 0. The molecule has 0 fully saturated rings. The Morgan fingerprint density at radius 2 is 2.11 bits per heavy atom. The summed E-state index contributed by atoms with van der Waals surface area (Å²) in [6, 6.07) is 1.60. The highest BCUT2D eigenvalue weighted by atomic mass is 32.2. The van der Waals surface area contributed by atoms with Crippen molar-refractivity contribution in [2.24, 2.45) is 7.05 Å². The molecule has 1 rings (SSSR count). The molecule has 0 saturated heterocycles. The zero-order valence-electron chi connectivity index (χ0n) is 11.8. The van der Waals surface area contributed by atoms with Gasteiger partial charge in [-0.3, -0.25) is 4.68 Å². The summed E-state index contributed by atoms with van der Waals surface area (Å²) in [6.07, 6.45) is 3.92. The van der Waals surface area contributed by atoms with Gasteiger partial charge in [-0.2, -0.15) is 5.10 Å². The smallest absolute Gasteiger partial charge is 0.154 e. The number of hydrogen-bond donors (Lipinski definition) is 1. The summed E-state index contributed by atoms with van der Waals surface area (Å²) in [7, 11) is -1.35. The van der Waals surface area contributed by atoms with E-state index >= 15 is 0 Å². The van der Waals surface area contributed by atoms with Crippen LogP contribution in [-0.2, 0) is 16.9 Å². The van der Waals surface area contributed by atoms with E-state index in [2.05, 4.69) is 17.3 Å². The van der Waals surface area contributed by atoms with E-state index in [1.165, 1.54) is 6.26 Å². The van der Waals surface area contributed by atoms with E-state index in [0.717, 1.165) is 18.7 Å². The lowest BCUT2D eigenvalue weighted by Crippen LogP contribution is -2.46. The summed E-state index contributed by atoms with van der Waals surface area (Å²) in [5.41, 5.74) is 0.888. The Morgan fingerprint density at radius 1 is 1.50 bits per heavy atom. The van der Waals surface area contributed by atoms with Crippen LogP contribution >= 0.6 is 0 Å². The minimum absolute atomic E-state index is 0.264. The van der Waals surface area contributed by atoms with Crippen molar-refractivity contribution in [1.82, 2.24) is 15.1 Å². The molecule has 0 aromatic carbocycles. The molecule has 1 aromatic rings. The van der Waals surface area contributed by atoms with Crippen molar-refractivity contribution in [3.8, 4) is 0 Å². The van der Waals surface area contributed by atoms with E-state index < -0.39 is 14.6 Å². The van der Waals surface area contributed by atoms with E-state index in [0.29, 0.717) is 0 Å². The van der Waals surface area contributed by atoms with Crippen molar-refractivity contribution in [1.29, 1.82) is 0 Å². The number of rotatable bonds is 6. The van der Waals surface area contributed by atoms with E-state index in [1.807, 2.05) is 13.1 Å². The van der Waals surface area contributed by atoms with Gasteiger partial charge in [0, 0.05) is 19.5 Å². The molecule has 1 N–H and O–H groups in total. The molecule has 1 heterocycles. The minimum atomic E-state index is -3.18. The van der Waals surface area contributed by atoms with Gasteiger partial charge < -0.3 is 5.32 Å². The van der Waals surface area contributed by atoms with Gasteiger partial charge in [-0.1, -0.05) is 6.92 Å². The van der Waals surface area contributed by atoms with Crippen LogP contribution in [0.25, 0.3) is 0 Å². The van der Waals surface area contributed by atoms with Gasteiger partial charge in [0.15, 0.2) is 9.84 Å². The lowest BCUT2D eigenvalue weighted by molar-refractivity contribution is 0.400. The van der Waals surface area contributed by atoms with Crippen LogP contribution in [0.3, 0.4) is 0 Å². The third kappa shape index (κ3) is 2.92. The number of aromatic nitrogens is 2. The van der Waals surface area contributed by atoms with Gasteiger partial charge in [0.2, 0.25) is 0 Å². The molecule has 0 aliphatic carbocycles. The third-order valence-corrected chi connectivity index (χ3v) is 5.55. The second kappa shape index (κ2) is 5.40. The Labute approximate surface area is 109 Å². The van der Waals surface area contributed by atoms with Gasteiger partial charge in [-0.25, -0.2) is 8.42 Å². The maximum Gasteiger partial charge on any atom is 0.154 e. The summed E-state index contributed by atoms with van der Waals surface area (Å²) in [5.74, 6) is 0. The number of nitrogens with one attached hydrogen (secondary N) is 1. The molecular formula is C12H23N3O2S. The number of nitrogens with zero attached hydrogens (tertiary/aromatic N) is 2. The second-order valence-corrected chi connectivity index (χ2v) is 7.74. The topological polar surface area (TPSA) is 64.0 Å². The monoisotopic (exact) mass is 273 g/mol. The van der Waals surface area contributed by atoms with Gasteiger partial charge in [0.05, 0.1) is 16.5 Å². The average molecular weight is 273 g/mol. The van der Waals surface area contributed by atoms with Crippen molar-refractivity contribution in [2.45, 2.75) is 38.0 Å². The van der Waals surface area contributed by atoms with E-state index in [-0.39, 0.29) is 6.04 Å². The molecule has 1 atom stereocenters. The van der Waals surface area contributed by atoms with Crippen molar-refractivity contribution >= 4 is 9.84 Å². The zero-order valence-corrected chi connectivity index (χ0v) is 12.6. The van der Waals surface area contributed by atoms with Crippen molar-refractivity contribution in [3.05, 3.63) is 18.0 Å². The quantitative estimate of drug-likeness (QED) is 0.848. The molecule has 0 amide bonds. The van der Waals surface area contributed by atoms with Crippen LogP contribution in [0.4, 0.5) is 0 Å². The lowest BCUT2D eigenvalue weighted by Gasteiger charge is -2.33. The predicted molar refractivity (Wildman–Crippen MR) is 73.2 cm³/mol. The van der Waals surface area contributed by atoms with Crippen molar-refractivity contribution in [3.63, 3.8) is 0 Å². The lowest BCUT2D eigenvalue weighted by atomic mass is 9.99. The molecular weight excluding hydrogens is 250 g/mol. The van der Waals surface area contributed by atoms with Crippen molar-refractivity contribution in [2.75, 3.05) is 12.8 Å². The molecule has 18 heavy (non-hydrogen) atoms. The van der Waals surface area contributed by atoms with Gasteiger partial charge in [-0.05, 0) is 32.9 Å². The van der Waals surface area contributed by atoms with Crippen LogP contribution < -0.4 is 5.32 Å². The summed E-state index contributed by atoms with van der Waals surface area (Å²) in [6.45, 7) is 6.33. The molecule has 0 bridgehead atoms. The number of aryl methyl sites for hydroxylation is 1.